The van der Waals surface area contributed by atoms with E-state index < -0.39 is 0 Å². The van der Waals surface area contributed by atoms with E-state index in [-0.39, 0.29) is 24.0 Å². The largest absolute Gasteiger partial charge is 0.469 e. The Balaban J connectivity index is 0.00000264. The molecule has 0 amide bonds. The SMILES string of the molecule is CCNC(=NCC(C)c1ccccc1)NCCc1ccco1.I. The first kappa shape index (κ1) is 19.5. The average Bonchev–Trinajstić information content (AvgIpc) is 3.06. The van der Waals surface area contributed by atoms with Gasteiger partial charge in [0.1, 0.15) is 5.76 Å². The molecule has 23 heavy (non-hydrogen) atoms. The van der Waals surface area contributed by atoms with Crippen LogP contribution in [0.5, 0.6) is 0 Å². The zero-order chi connectivity index (χ0) is 15.6. The van der Waals surface area contributed by atoms with Gasteiger partial charge in [-0.1, -0.05) is 37.3 Å². The van der Waals surface area contributed by atoms with Gasteiger partial charge in [-0.2, -0.15) is 0 Å². The molecule has 0 saturated carbocycles. The number of nitrogens with zero attached hydrogens (tertiary/aromatic N) is 1. The van der Waals surface area contributed by atoms with E-state index in [9.17, 15) is 0 Å². The van der Waals surface area contributed by atoms with Crippen molar-refractivity contribution in [1.82, 2.24) is 10.6 Å². The minimum absolute atomic E-state index is 0. The summed E-state index contributed by atoms with van der Waals surface area (Å²) in [4.78, 5) is 4.67. The standard InChI is InChI=1S/C18H25N3O.HI/c1-3-19-18(20-12-11-17-10-7-13-22-17)21-14-15(2)16-8-5-4-6-9-16;/h4-10,13,15H,3,11-12,14H2,1-2H3,(H2,19,20,21);1H. The molecule has 2 N–H and O–H groups in total. The maximum absolute atomic E-state index is 5.33. The van der Waals surface area contributed by atoms with Crippen molar-refractivity contribution in [3.8, 4) is 0 Å². The van der Waals surface area contributed by atoms with Crippen LogP contribution in [0.3, 0.4) is 0 Å². The predicted molar refractivity (Wildman–Crippen MR) is 107 cm³/mol. The molecule has 5 heteroatoms. The Morgan fingerprint density at radius 1 is 1.13 bits per heavy atom. The van der Waals surface area contributed by atoms with Gasteiger partial charge in [-0.15, -0.1) is 24.0 Å². The normalized spacial score (nSPS) is 12.3. The van der Waals surface area contributed by atoms with E-state index in [1.807, 2.05) is 18.2 Å². The Hall–Kier alpha value is -1.50. The summed E-state index contributed by atoms with van der Waals surface area (Å²) < 4.78 is 5.33. The second-order valence-corrected chi connectivity index (χ2v) is 5.29. The van der Waals surface area contributed by atoms with Crippen LogP contribution in [0.1, 0.15) is 31.1 Å². The fourth-order valence-corrected chi connectivity index (χ4v) is 2.22. The molecular weight excluding hydrogens is 401 g/mol. The van der Waals surface area contributed by atoms with E-state index >= 15 is 0 Å². The van der Waals surface area contributed by atoms with E-state index in [1.54, 1.807) is 6.26 Å². The predicted octanol–water partition coefficient (Wildman–Crippen LogP) is 3.80. The maximum atomic E-state index is 5.33. The number of hydrogen-bond acceptors (Lipinski definition) is 2. The number of halogens is 1. The minimum Gasteiger partial charge on any atom is -0.469 e. The summed E-state index contributed by atoms with van der Waals surface area (Å²) in [7, 11) is 0. The van der Waals surface area contributed by atoms with Gasteiger partial charge < -0.3 is 15.1 Å². The molecule has 0 aliphatic heterocycles. The molecule has 1 aromatic heterocycles. The Morgan fingerprint density at radius 3 is 2.57 bits per heavy atom. The molecule has 1 aromatic carbocycles. The first-order valence-electron chi connectivity index (χ1n) is 7.89. The molecule has 0 bridgehead atoms. The number of aliphatic imine (C=N–C) groups is 1. The zero-order valence-corrected chi connectivity index (χ0v) is 16.1. The van der Waals surface area contributed by atoms with Gasteiger partial charge in [-0.3, -0.25) is 4.99 Å². The monoisotopic (exact) mass is 427 g/mol. The number of hydrogen-bond donors (Lipinski definition) is 2. The summed E-state index contributed by atoms with van der Waals surface area (Å²) in [6, 6.07) is 14.4. The van der Waals surface area contributed by atoms with Crippen molar-refractivity contribution >= 4 is 29.9 Å². The lowest BCUT2D eigenvalue weighted by atomic mass is 10.0. The summed E-state index contributed by atoms with van der Waals surface area (Å²) in [6.07, 6.45) is 2.56. The lowest BCUT2D eigenvalue weighted by molar-refractivity contribution is 0.506. The van der Waals surface area contributed by atoms with Crippen LogP contribution in [0.2, 0.25) is 0 Å². The lowest BCUT2D eigenvalue weighted by Crippen LogP contribution is -2.38. The van der Waals surface area contributed by atoms with Crippen molar-refractivity contribution < 1.29 is 4.42 Å². The van der Waals surface area contributed by atoms with Gasteiger partial charge in [0.2, 0.25) is 0 Å². The van der Waals surface area contributed by atoms with E-state index in [0.29, 0.717) is 5.92 Å². The van der Waals surface area contributed by atoms with Gasteiger partial charge in [0.25, 0.3) is 0 Å². The second-order valence-electron chi connectivity index (χ2n) is 5.29. The quantitative estimate of drug-likeness (QED) is 0.402. The molecule has 0 saturated heterocycles. The first-order valence-corrected chi connectivity index (χ1v) is 7.89. The summed E-state index contributed by atoms with van der Waals surface area (Å²) in [5.41, 5.74) is 1.32. The summed E-state index contributed by atoms with van der Waals surface area (Å²) in [6.45, 7) is 6.70. The molecule has 2 rings (SSSR count). The number of furan rings is 1. The van der Waals surface area contributed by atoms with Crippen molar-refractivity contribution in [2.75, 3.05) is 19.6 Å². The highest BCUT2D eigenvalue weighted by molar-refractivity contribution is 14.0. The smallest absolute Gasteiger partial charge is 0.191 e. The van der Waals surface area contributed by atoms with Gasteiger partial charge in [-0.05, 0) is 24.6 Å². The van der Waals surface area contributed by atoms with E-state index in [0.717, 1.165) is 37.8 Å². The van der Waals surface area contributed by atoms with Gasteiger partial charge >= 0.3 is 0 Å². The van der Waals surface area contributed by atoms with Crippen molar-refractivity contribution in [2.45, 2.75) is 26.2 Å². The Bertz CT molecular complexity index is 555. The topological polar surface area (TPSA) is 49.6 Å². The summed E-state index contributed by atoms with van der Waals surface area (Å²) >= 11 is 0. The fourth-order valence-electron chi connectivity index (χ4n) is 2.22. The summed E-state index contributed by atoms with van der Waals surface area (Å²) in [5.74, 6) is 2.25. The van der Waals surface area contributed by atoms with Crippen LogP contribution in [0.25, 0.3) is 0 Å². The van der Waals surface area contributed by atoms with Gasteiger partial charge in [-0.25, -0.2) is 0 Å². The molecule has 2 aromatic rings. The van der Waals surface area contributed by atoms with Gasteiger partial charge in [0, 0.05) is 32.0 Å². The molecule has 1 atom stereocenters. The number of guanidine groups is 1. The van der Waals surface area contributed by atoms with Crippen molar-refractivity contribution in [3.63, 3.8) is 0 Å². The Labute approximate surface area is 155 Å². The average molecular weight is 427 g/mol. The van der Waals surface area contributed by atoms with Gasteiger partial charge in [0.05, 0.1) is 6.26 Å². The highest BCUT2D eigenvalue weighted by Gasteiger charge is 2.05. The molecule has 126 valence electrons. The minimum atomic E-state index is 0. The third-order valence-corrected chi connectivity index (χ3v) is 3.48. The molecule has 0 aliphatic rings. The number of benzene rings is 1. The maximum Gasteiger partial charge on any atom is 0.191 e. The highest BCUT2D eigenvalue weighted by atomic mass is 127. The van der Waals surface area contributed by atoms with Crippen LogP contribution in [0.15, 0.2) is 58.1 Å². The summed E-state index contributed by atoms with van der Waals surface area (Å²) in [5, 5.41) is 6.62. The van der Waals surface area contributed by atoms with E-state index in [1.165, 1.54) is 5.56 Å². The van der Waals surface area contributed by atoms with Crippen LogP contribution < -0.4 is 10.6 Å². The van der Waals surface area contributed by atoms with Crippen LogP contribution in [0.4, 0.5) is 0 Å². The molecule has 0 fully saturated rings. The third kappa shape index (κ3) is 7.07. The van der Waals surface area contributed by atoms with Crippen LogP contribution >= 0.6 is 24.0 Å². The zero-order valence-electron chi connectivity index (χ0n) is 13.8. The highest BCUT2D eigenvalue weighted by Crippen LogP contribution is 2.14. The molecule has 0 aliphatic carbocycles. The molecule has 0 radical (unpaired) electrons. The van der Waals surface area contributed by atoms with E-state index in [2.05, 4.69) is 53.7 Å². The number of nitrogens with one attached hydrogen (secondary N) is 2. The first-order chi connectivity index (χ1) is 10.8. The van der Waals surface area contributed by atoms with Crippen molar-refractivity contribution in [3.05, 3.63) is 60.1 Å². The third-order valence-electron chi connectivity index (χ3n) is 3.48. The van der Waals surface area contributed by atoms with Gasteiger partial charge in [0.15, 0.2) is 5.96 Å². The lowest BCUT2D eigenvalue weighted by Gasteiger charge is -2.13. The van der Waals surface area contributed by atoms with Crippen LogP contribution in [-0.2, 0) is 6.42 Å². The van der Waals surface area contributed by atoms with Crippen LogP contribution in [0, 0.1) is 0 Å². The van der Waals surface area contributed by atoms with Crippen molar-refractivity contribution in [1.29, 1.82) is 0 Å². The molecule has 1 unspecified atom stereocenters. The van der Waals surface area contributed by atoms with Crippen LogP contribution in [-0.4, -0.2) is 25.6 Å². The Morgan fingerprint density at radius 2 is 1.91 bits per heavy atom. The molecular formula is C18H26IN3O. The van der Waals surface area contributed by atoms with E-state index in [4.69, 9.17) is 4.42 Å². The molecule has 0 spiro atoms. The Kier molecular flexibility index (Phi) is 9.43. The second kappa shape index (κ2) is 11.1. The van der Waals surface area contributed by atoms with Crippen molar-refractivity contribution in [2.24, 2.45) is 4.99 Å². The molecule has 4 nitrogen and oxygen atoms in total. The fraction of sp³-hybridized carbons (Fsp3) is 0.389. The number of rotatable bonds is 7. The molecule has 1 heterocycles.